The number of rotatable bonds is 3. The van der Waals surface area contributed by atoms with Gasteiger partial charge in [0.1, 0.15) is 16.7 Å². The quantitative estimate of drug-likeness (QED) is 0.823. The van der Waals surface area contributed by atoms with Crippen molar-refractivity contribution in [2.75, 3.05) is 13.1 Å². The van der Waals surface area contributed by atoms with E-state index in [4.69, 9.17) is 9.88 Å². The first kappa shape index (κ1) is 12.3. The molecule has 2 rings (SSSR count). The summed E-state index contributed by atoms with van der Waals surface area (Å²) in [6.07, 6.45) is 1.96. The van der Waals surface area contributed by atoms with Crippen molar-refractivity contribution in [3.8, 4) is 5.75 Å². The number of primary sulfonamides is 1. The van der Waals surface area contributed by atoms with Crippen molar-refractivity contribution in [2.45, 2.75) is 23.8 Å². The smallest absolute Gasteiger partial charge is 0.241 e. The summed E-state index contributed by atoms with van der Waals surface area (Å²) in [5, 5.41) is 8.35. The monoisotopic (exact) mass is 256 g/mol. The summed E-state index contributed by atoms with van der Waals surface area (Å²) < 4.78 is 28.4. The summed E-state index contributed by atoms with van der Waals surface area (Å²) in [5.74, 6) is 0.337. The van der Waals surface area contributed by atoms with Crippen LogP contribution in [0, 0.1) is 0 Å². The van der Waals surface area contributed by atoms with Crippen LogP contribution in [0.25, 0.3) is 0 Å². The van der Waals surface area contributed by atoms with Gasteiger partial charge in [0.05, 0.1) is 0 Å². The number of ether oxygens (including phenoxy) is 1. The molecule has 1 fully saturated rings. The van der Waals surface area contributed by atoms with Crippen LogP contribution < -0.4 is 15.2 Å². The topological polar surface area (TPSA) is 81.4 Å². The van der Waals surface area contributed by atoms with Crippen LogP contribution in [0.15, 0.2) is 29.2 Å². The minimum absolute atomic E-state index is 0.00616. The summed E-state index contributed by atoms with van der Waals surface area (Å²) in [6.45, 7) is 1.72. The van der Waals surface area contributed by atoms with E-state index in [-0.39, 0.29) is 11.0 Å². The fraction of sp³-hybridized carbons (Fsp3) is 0.455. The van der Waals surface area contributed by atoms with Crippen LogP contribution in [0.5, 0.6) is 5.75 Å². The predicted octanol–water partition coefficient (Wildman–Crippen LogP) is 0.465. The van der Waals surface area contributed by atoms with Gasteiger partial charge in [-0.2, -0.15) is 0 Å². The van der Waals surface area contributed by atoms with E-state index >= 15 is 0 Å². The molecule has 94 valence electrons. The highest BCUT2D eigenvalue weighted by molar-refractivity contribution is 7.89. The molecule has 1 aromatic carbocycles. The van der Waals surface area contributed by atoms with Gasteiger partial charge in [-0.15, -0.1) is 0 Å². The molecule has 6 heteroatoms. The van der Waals surface area contributed by atoms with E-state index in [0.29, 0.717) is 5.75 Å². The maximum Gasteiger partial charge on any atom is 0.241 e. The van der Waals surface area contributed by atoms with Crippen molar-refractivity contribution in [1.29, 1.82) is 0 Å². The number of piperidine rings is 1. The highest BCUT2D eigenvalue weighted by Gasteiger charge is 2.19. The maximum absolute atomic E-state index is 11.4. The van der Waals surface area contributed by atoms with Gasteiger partial charge in [-0.1, -0.05) is 12.1 Å². The number of hydrogen-bond acceptors (Lipinski definition) is 4. The lowest BCUT2D eigenvalue weighted by molar-refractivity contribution is 0.163. The second-order valence-electron chi connectivity index (χ2n) is 4.08. The van der Waals surface area contributed by atoms with Crippen molar-refractivity contribution >= 4 is 10.0 Å². The molecule has 1 atom stereocenters. The lowest BCUT2D eigenvalue weighted by Crippen LogP contribution is -2.37. The van der Waals surface area contributed by atoms with Gasteiger partial charge in [-0.25, -0.2) is 13.6 Å². The second kappa shape index (κ2) is 5.03. The molecule has 1 aromatic rings. The van der Waals surface area contributed by atoms with Crippen LogP contribution in [0.3, 0.4) is 0 Å². The predicted molar refractivity (Wildman–Crippen MR) is 64.3 cm³/mol. The zero-order valence-electron chi connectivity index (χ0n) is 9.43. The number of hydrogen-bond donors (Lipinski definition) is 2. The van der Waals surface area contributed by atoms with Crippen molar-refractivity contribution in [3.05, 3.63) is 24.3 Å². The van der Waals surface area contributed by atoms with Gasteiger partial charge < -0.3 is 10.1 Å². The third-order valence-electron chi connectivity index (χ3n) is 2.70. The maximum atomic E-state index is 11.4. The normalized spacial score (nSPS) is 21.1. The standard InChI is InChI=1S/C11H16N2O3S/c12-17(14,15)11-6-2-1-5-10(11)16-9-4-3-7-13-8-9/h1-2,5-6,9,13H,3-4,7-8H2,(H2,12,14,15)/t9-/m0/s1. The van der Waals surface area contributed by atoms with E-state index in [9.17, 15) is 8.42 Å². The summed E-state index contributed by atoms with van der Waals surface area (Å²) in [5.41, 5.74) is 0. The van der Waals surface area contributed by atoms with E-state index in [1.165, 1.54) is 6.07 Å². The first-order valence-electron chi connectivity index (χ1n) is 5.56. The Morgan fingerprint density at radius 2 is 2.12 bits per heavy atom. The number of nitrogens with two attached hydrogens (primary N) is 1. The highest BCUT2D eigenvalue weighted by Crippen LogP contribution is 2.24. The Kier molecular flexibility index (Phi) is 3.66. The molecule has 1 aliphatic heterocycles. The number of benzene rings is 1. The minimum Gasteiger partial charge on any atom is -0.488 e. The molecule has 1 aliphatic rings. The van der Waals surface area contributed by atoms with E-state index in [2.05, 4.69) is 5.32 Å². The van der Waals surface area contributed by atoms with E-state index in [0.717, 1.165) is 25.9 Å². The van der Waals surface area contributed by atoms with Crippen molar-refractivity contribution in [2.24, 2.45) is 5.14 Å². The van der Waals surface area contributed by atoms with Crippen LogP contribution >= 0.6 is 0 Å². The van der Waals surface area contributed by atoms with Gasteiger partial charge in [0, 0.05) is 6.54 Å². The van der Waals surface area contributed by atoms with Crippen LogP contribution in [0.4, 0.5) is 0 Å². The lowest BCUT2D eigenvalue weighted by Gasteiger charge is -2.24. The highest BCUT2D eigenvalue weighted by atomic mass is 32.2. The molecule has 0 aromatic heterocycles. The second-order valence-corrected chi connectivity index (χ2v) is 5.61. The molecule has 0 saturated carbocycles. The SMILES string of the molecule is NS(=O)(=O)c1ccccc1O[C@H]1CCCNC1. The Morgan fingerprint density at radius 1 is 1.35 bits per heavy atom. The molecular formula is C11H16N2O3S. The first-order chi connectivity index (χ1) is 8.07. The fourth-order valence-corrected chi connectivity index (χ4v) is 2.55. The Morgan fingerprint density at radius 3 is 2.76 bits per heavy atom. The van der Waals surface area contributed by atoms with E-state index in [1.807, 2.05) is 0 Å². The fourth-order valence-electron chi connectivity index (χ4n) is 1.88. The Bertz CT molecular complexity index is 481. The number of sulfonamides is 1. The lowest BCUT2D eigenvalue weighted by atomic mass is 10.1. The van der Waals surface area contributed by atoms with E-state index in [1.54, 1.807) is 18.2 Å². The largest absolute Gasteiger partial charge is 0.488 e. The zero-order chi connectivity index (χ0) is 12.3. The number of para-hydroxylation sites is 1. The van der Waals surface area contributed by atoms with Gasteiger partial charge in [0.2, 0.25) is 10.0 Å². The van der Waals surface area contributed by atoms with Crippen molar-refractivity contribution < 1.29 is 13.2 Å². The number of nitrogens with one attached hydrogen (secondary N) is 1. The molecule has 0 amide bonds. The average molecular weight is 256 g/mol. The van der Waals surface area contributed by atoms with Crippen molar-refractivity contribution in [3.63, 3.8) is 0 Å². The molecule has 0 spiro atoms. The summed E-state index contributed by atoms with van der Waals surface area (Å²) >= 11 is 0. The molecule has 0 unspecified atom stereocenters. The molecule has 0 aliphatic carbocycles. The van der Waals surface area contributed by atoms with E-state index < -0.39 is 10.0 Å². The Labute approximate surface area is 101 Å². The molecule has 3 N–H and O–H groups in total. The zero-order valence-corrected chi connectivity index (χ0v) is 10.2. The van der Waals surface area contributed by atoms with Crippen LogP contribution in [-0.4, -0.2) is 27.6 Å². The van der Waals surface area contributed by atoms with Crippen molar-refractivity contribution in [1.82, 2.24) is 5.32 Å². The Hall–Kier alpha value is -1.11. The van der Waals surface area contributed by atoms with Gasteiger partial charge in [0.15, 0.2) is 0 Å². The third kappa shape index (κ3) is 3.18. The van der Waals surface area contributed by atoms with Crippen LogP contribution in [-0.2, 0) is 10.0 Å². The molecular weight excluding hydrogens is 240 g/mol. The third-order valence-corrected chi connectivity index (χ3v) is 3.65. The minimum atomic E-state index is -3.73. The molecule has 1 saturated heterocycles. The average Bonchev–Trinajstić information content (AvgIpc) is 2.30. The first-order valence-corrected chi connectivity index (χ1v) is 7.11. The summed E-state index contributed by atoms with van der Waals surface area (Å²) in [7, 11) is -3.73. The van der Waals surface area contributed by atoms with Gasteiger partial charge >= 0.3 is 0 Å². The molecule has 17 heavy (non-hydrogen) atoms. The molecule has 1 heterocycles. The molecule has 5 nitrogen and oxygen atoms in total. The molecule has 0 bridgehead atoms. The van der Waals surface area contributed by atoms with Gasteiger partial charge in [-0.3, -0.25) is 0 Å². The van der Waals surface area contributed by atoms with Crippen LogP contribution in [0.1, 0.15) is 12.8 Å². The summed E-state index contributed by atoms with van der Waals surface area (Å²) in [6, 6.07) is 6.46. The molecule has 0 radical (unpaired) electrons. The Balaban J connectivity index is 2.20. The van der Waals surface area contributed by atoms with Gasteiger partial charge in [0.25, 0.3) is 0 Å². The van der Waals surface area contributed by atoms with Crippen LogP contribution in [0.2, 0.25) is 0 Å². The van der Waals surface area contributed by atoms with Gasteiger partial charge in [-0.05, 0) is 31.5 Å². The summed E-state index contributed by atoms with van der Waals surface area (Å²) in [4.78, 5) is 0.0468.